The summed E-state index contributed by atoms with van der Waals surface area (Å²) in [6.07, 6.45) is 5.99. The lowest BCUT2D eigenvalue weighted by molar-refractivity contribution is 0.0602. The van der Waals surface area contributed by atoms with Crippen LogP contribution in [0.4, 0.5) is 11.5 Å². The maximum Gasteiger partial charge on any atom is 0.340 e. The van der Waals surface area contributed by atoms with E-state index >= 15 is 0 Å². The second kappa shape index (κ2) is 8.40. The number of rotatable bonds is 8. The number of nitrogens with two attached hydrogens (primary N) is 1. The number of ether oxygens (including phenoxy) is 1. The highest BCUT2D eigenvalue weighted by atomic mass is 16.5. The molecular weight excluding hydrogens is 254 g/mol. The molecule has 0 spiro atoms. The van der Waals surface area contributed by atoms with Gasteiger partial charge in [0.05, 0.1) is 18.4 Å². The first-order chi connectivity index (χ1) is 9.65. The largest absolute Gasteiger partial charge is 0.465 e. The van der Waals surface area contributed by atoms with Crippen molar-refractivity contribution in [3.63, 3.8) is 0 Å². The number of hydrogen-bond donors (Lipinski definition) is 1. The molecule has 0 atom stereocenters. The molecule has 1 aromatic rings. The highest BCUT2D eigenvalue weighted by Crippen LogP contribution is 2.25. The molecule has 0 aliphatic carbocycles. The van der Waals surface area contributed by atoms with Gasteiger partial charge in [-0.3, -0.25) is 0 Å². The number of esters is 1. The average molecular weight is 279 g/mol. The molecule has 1 rings (SSSR count). The van der Waals surface area contributed by atoms with Crippen molar-refractivity contribution in [2.45, 2.75) is 39.5 Å². The summed E-state index contributed by atoms with van der Waals surface area (Å²) in [5, 5.41) is 0. The smallest absolute Gasteiger partial charge is 0.340 e. The van der Waals surface area contributed by atoms with Gasteiger partial charge in [-0.25, -0.2) is 9.78 Å². The van der Waals surface area contributed by atoms with E-state index in [-0.39, 0.29) is 0 Å². The zero-order chi connectivity index (χ0) is 15.0. The molecule has 0 radical (unpaired) electrons. The predicted molar refractivity (Wildman–Crippen MR) is 82.0 cm³/mol. The van der Waals surface area contributed by atoms with Crippen LogP contribution in [0.2, 0.25) is 0 Å². The Kier molecular flexibility index (Phi) is 6.84. The number of unbranched alkanes of at least 4 members (excludes halogenated alkanes) is 2. The zero-order valence-corrected chi connectivity index (χ0v) is 12.7. The average Bonchev–Trinajstić information content (AvgIpc) is 2.47. The number of carbonyl (C=O) groups excluding carboxylic acids is 1. The van der Waals surface area contributed by atoms with Gasteiger partial charge < -0.3 is 15.4 Å². The molecular formula is C15H25N3O2. The minimum Gasteiger partial charge on any atom is -0.465 e. The highest BCUT2D eigenvalue weighted by molar-refractivity contribution is 5.97. The molecule has 0 aliphatic heterocycles. The Morgan fingerprint density at radius 3 is 2.40 bits per heavy atom. The maximum atomic E-state index is 11.7. The standard InChI is InChI=1S/C15H25N3O2/c1-4-6-10-18(11-7-5-2)14-13(16)12(8-9-17-14)15(19)20-3/h8-9H,4-7,10-11,16H2,1-3H3. The normalized spacial score (nSPS) is 10.3. The molecule has 0 saturated carbocycles. The third kappa shape index (κ3) is 4.11. The molecule has 0 bridgehead atoms. The summed E-state index contributed by atoms with van der Waals surface area (Å²) < 4.78 is 4.75. The van der Waals surface area contributed by atoms with Gasteiger partial charge in [0.15, 0.2) is 5.82 Å². The van der Waals surface area contributed by atoms with E-state index < -0.39 is 5.97 Å². The van der Waals surface area contributed by atoms with Crippen LogP contribution in [-0.4, -0.2) is 31.2 Å². The molecule has 1 heterocycles. The van der Waals surface area contributed by atoms with Gasteiger partial charge in [-0.2, -0.15) is 0 Å². The molecule has 5 heteroatoms. The third-order valence-electron chi connectivity index (χ3n) is 3.24. The summed E-state index contributed by atoms with van der Waals surface area (Å²) in [5.41, 5.74) is 6.89. The van der Waals surface area contributed by atoms with E-state index in [0.717, 1.165) is 38.8 Å². The van der Waals surface area contributed by atoms with Crippen molar-refractivity contribution in [3.8, 4) is 0 Å². The van der Waals surface area contributed by atoms with Crippen LogP contribution in [-0.2, 0) is 4.74 Å². The Morgan fingerprint density at radius 2 is 1.90 bits per heavy atom. The van der Waals surface area contributed by atoms with Crippen molar-refractivity contribution < 1.29 is 9.53 Å². The molecule has 5 nitrogen and oxygen atoms in total. The Balaban J connectivity index is 3.02. The lowest BCUT2D eigenvalue weighted by atomic mass is 10.2. The van der Waals surface area contributed by atoms with Crippen molar-refractivity contribution >= 4 is 17.5 Å². The van der Waals surface area contributed by atoms with E-state index in [1.165, 1.54) is 7.11 Å². The number of aromatic nitrogens is 1. The number of nitrogen functional groups attached to an aromatic ring is 1. The molecule has 0 amide bonds. The van der Waals surface area contributed by atoms with Gasteiger partial charge in [0.25, 0.3) is 0 Å². The summed E-state index contributed by atoms with van der Waals surface area (Å²) >= 11 is 0. The third-order valence-corrected chi connectivity index (χ3v) is 3.24. The van der Waals surface area contributed by atoms with Gasteiger partial charge in [-0.1, -0.05) is 26.7 Å². The zero-order valence-electron chi connectivity index (χ0n) is 12.7. The van der Waals surface area contributed by atoms with Crippen LogP contribution < -0.4 is 10.6 Å². The SMILES string of the molecule is CCCCN(CCCC)c1nccc(C(=O)OC)c1N. The van der Waals surface area contributed by atoms with E-state index in [9.17, 15) is 4.79 Å². The van der Waals surface area contributed by atoms with Crippen LogP contribution in [0, 0.1) is 0 Å². The first-order valence-corrected chi connectivity index (χ1v) is 7.23. The molecule has 1 aromatic heterocycles. The lowest BCUT2D eigenvalue weighted by Gasteiger charge is -2.25. The number of nitrogens with zero attached hydrogens (tertiary/aromatic N) is 2. The van der Waals surface area contributed by atoms with E-state index in [1.807, 2.05) is 0 Å². The molecule has 20 heavy (non-hydrogen) atoms. The Bertz CT molecular complexity index is 427. The van der Waals surface area contributed by atoms with E-state index in [4.69, 9.17) is 10.5 Å². The van der Waals surface area contributed by atoms with Crippen molar-refractivity contribution in [1.82, 2.24) is 4.98 Å². The fourth-order valence-corrected chi connectivity index (χ4v) is 2.02. The van der Waals surface area contributed by atoms with Gasteiger partial charge >= 0.3 is 5.97 Å². The predicted octanol–water partition coefficient (Wildman–Crippen LogP) is 2.86. The van der Waals surface area contributed by atoms with Gasteiger partial charge in [0, 0.05) is 19.3 Å². The summed E-state index contributed by atoms with van der Waals surface area (Å²) in [5.74, 6) is 0.270. The van der Waals surface area contributed by atoms with Gasteiger partial charge in [0.1, 0.15) is 0 Å². The minimum absolute atomic E-state index is 0.385. The van der Waals surface area contributed by atoms with E-state index in [1.54, 1.807) is 12.3 Å². The van der Waals surface area contributed by atoms with Gasteiger partial charge in [-0.15, -0.1) is 0 Å². The van der Waals surface area contributed by atoms with Gasteiger partial charge in [0.2, 0.25) is 0 Å². The maximum absolute atomic E-state index is 11.7. The summed E-state index contributed by atoms with van der Waals surface area (Å²) in [6, 6.07) is 1.60. The van der Waals surface area contributed by atoms with Crippen LogP contribution in [0.5, 0.6) is 0 Å². The number of hydrogen-bond acceptors (Lipinski definition) is 5. The minimum atomic E-state index is -0.419. The molecule has 0 unspecified atom stereocenters. The fraction of sp³-hybridized carbons (Fsp3) is 0.600. The second-order valence-corrected chi connectivity index (χ2v) is 4.78. The van der Waals surface area contributed by atoms with E-state index in [0.29, 0.717) is 17.1 Å². The summed E-state index contributed by atoms with van der Waals surface area (Å²) in [4.78, 5) is 18.2. The molecule has 0 aromatic carbocycles. The molecule has 112 valence electrons. The lowest BCUT2D eigenvalue weighted by Crippen LogP contribution is -2.28. The first-order valence-electron chi connectivity index (χ1n) is 7.23. The monoisotopic (exact) mass is 279 g/mol. The van der Waals surface area contributed by atoms with Crippen LogP contribution >= 0.6 is 0 Å². The second-order valence-electron chi connectivity index (χ2n) is 4.78. The van der Waals surface area contributed by atoms with Crippen LogP contribution in [0.25, 0.3) is 0 Å². The van der Waals surface area contributed by atoms with Crippen molar-refractivity contribution in [1.29, 1.82) is 0 Å². The number of carbonyl (C=O) groups is 1. The Labute approximate surface area is 121 Å². The highest BCUT2D eigenvalue weighted by Gasteiger charge is 2.17. The van der Waals surface area contributed by atoms with Crippen LogP contribution in [0.15, 0.2) is 12.3 Å². The summed E-state index contributed by atoms with van der Waals surface area (Å²) in [6.45, 7) is 6.11. The summed E-state index contributed by atoms with van der Waals surface area (Å²) in [7, 11) is 1.35. The number of methoxy groups -OCH3 is 1. The Hall–Kier alpha value is -1.78. The van der Waals surface area contributed by atoms with Gasteiger partial charge in [-0.05, 0) is 18.9 Å². The molecule has 0 saturated heterocycles. The van der Waals surface area contributed by atoms with Crippen molar-refractivity contribution in [3.05, 3.63) is 17.8 Å². The quantitative estimate of drug-likeness (QED) is 0.741. The number of pyridine rings is 1. The molecule has 0 fully saturated rings. The first kappa shape index (κ1) is 16.3. The number of anilines is 2. The van der Waals surface area contributed by atoms with Crippen molar-refractivity contribution in [2.24, 2.45) is 0 Å². The Morgan fingerprint density at radius 1 is 1.30 bits per heavy atom. The molecule has 0 aliphatic rings. The van der Waals surface area contributed by atoms with E-state index in [2.05, 4.69) is 23.7 Å². The topological polar surface area (TPSA) is 68.5 Å². The van der Waals surface area contributed by atoms with Crippen LogP contribution in [0.1, 0.15) is 49.9 Å². The molecule has 2 N–H and O–H groups in total. The van der Waals surface area contributed by atoms with Crippen molar-refractivity contribution in [2.75, 3.05) is 30.8 Å². The fourth-order valence-electron chi connectivity index (χ4n) is 2.02. The van der Waals surface area contributed by atoms with Crippen LogP contribution in [0.3, 0.4) is 0 Å².